The molecule has 1 saturated carbocycles. The number of Topliss-reactive ketones (excluding diaryl/α,β-unsaturated/α-hetero) is 2. The number of carbonyl (C=O) groups is 3. The van der Waals surface area contributed by atoms with E-state index >= 15 is 0 Å². The van der Waals surface area contributed by atoms with Crippen molar-refractivity contribution in [1.29, 1.82) is 0 Å². The Labute approximate surface area is 192 Å². The van der Waals surface area contributed by atoms with E-state index in [2.05, 4.69) is 0 Å². The van der Waals surface area contributed by atoms with Gasteiger partial charge < -0.3 is 41.5 Å². The molecule has 1 aromatic rings. The summed E-state index contributed by atoms with van der Waals surface area (Å²) in [6, 6.07) is 0.329. The van der Waals surface area contributed by atoms with E-state index in [1.807, 2.05) is 0 Å². The number of carbonyl (C=O) groups excluding carboxylic acids is 3. The Morgan fingerprint density at radius 2 is 1.68 bits per heavy atom. The molecular weight excluding hydrogens is 452 g/mol. The van der Waals surface area contributed by atoms with E-state index in [0.29, 0.717) is 0 Å². The van der Waals surface area contributed by atoms with Crippen molar-refractivity contribution < 1.29 is 50.1 Å². The number of nitrogens with two attached hydrogens (primary N) is 1. The molecule has 0 aromatic heterocycles. The first-order valence-corrected chi connectivity index (χ1v) is 10.2. The van der Waals surface area contributed by atoms with Gasteiger partial charge in [-0.05, 0) is 27.1 Å². The summed E-state index contributed by atoms with van der Waals surface area (Å²) in [4.78, 5) is 39.9. The van der Waals surface area contributed by atoms with Crippen molar-refractivity contribution in [3.63, 3.8) is 0 Å². The molecule has 34 heavy (non-hydrogen) atoms. The van der Waals surface area contributed by atoms with Crippen molar-refractivity contribution in [3.8, 4) is 11.5 Å². The number of phenolic OH excluding ortho intramolecular Hbond substituents is 2. The maximum Gasteiger partial charge on any atom is 0.255 e. The summed E-state index contributed by atoms with van der Waals surface area (Å²) in [7, 11) is 2.74. The fourth-order valence-corrected chi connectivity index (χ4v) is 5.65. The second kappa shape index (κ2) is 7.03. The zero-order chi connectivity index (χ0) is 25.7. The van der Waals surface area contributed by atoms with E-state index in [9.17, 15) is 50.1 Å². The van der Waals surface area contributed by atoms with Gasteiger partial charge in [-0.1, -0.05) is 0 Å². The molecule has 0 bridgehead atoms. The number of primary amides is 1. The van der Waals surface area contributed by atoms with Gasteiger partial charge in [0, 0.05) is 11.6 Å². The first-order valence-electron chi connectivity index (χ1n) is 10.2. The lowest BCUT2D eigenvalue weighted by molar-refractivity contribution is -0.181. The largest absolute Gasteiger partial charge is 0.508 e. The molecule has 0 saturated heterocycles. The lowest BCUT2D eigenvalue weighted by Crippen LogP contribution is -2.71. The van der Waals surface area contributed by atoms with Gasteiger partial charge in [0.25, 0.3) is 5.91 Å². The van der Waals surface area contributed by atoms with E-state index in [0.717, 1.165) is 19.1 Å². The third-order valence-corrected chi connectivity index (χ3v) is 7.09. The molecule has 12 nitrogen and oxygen atoms in total. The monoisotopic (exact) mass is 476 g/mol. The molecular formula is C22H24N2O10. The van der Waals surface area contributed by atoms with Gasteiger partial charge >= 0.3 is 0 Å². The average Bonchev–Trinajstić information content (AvgIpc) is 2.70. The fraction of sp³-hybridized carbons (Fsp3) is 0.409. The van der Waals surface area contributed by atoms with Crippen LogP contribution < -0.4 is 5.73 Å². The van der Waals surface area contributed by atoms with Gasteiger partial charge in [0.05, 0.1) is 40.7 Å². The fourth-order valence-electron chi connectivity index (χ4n) is 5.65. The molecule has 4 rings (SSSR count). The van der Waals surface area contributed by atoms with Gasteiger partial charge in [-0.15, -0.1) is 0 Å². The number of benzene rings is 1. The second-order valence-electron chi connectivity index (χ2n) is 9.25. The highest BCUT2D eigenvalue weighted by Crippen LogP contribution is 2.57. The van der Waals surface area contributed by atoms with Crippen molar-refractivity contribution in [1.82, 2.24) is 4.90 Å². The molecule has 3 aliphatic carbocycles. The molecule has 182 valence electrons. The number of hydrogen-bond donors (Lipinski definition) is 8. The van der Waals surface area contributed by atoms with Crippen molar-refractivity contribution in [2.75, 3.05) is 14.1 Å². The van der Waals surface area contributed by atoms with Crippen LogP contribution in [0.4, 0.5) is 0 Å². The maximum atomic E-state index is 13.7. The second-order valence-corrected chi connectivity index (χ2v) is 9.25. The van der Waals surface area contributed by atoms with E-state index < -0.39 is 92.4 Å². The zero-order valence-electron chi connectivity index (χ0n) is 18.3. The highest BCUT2D eigenvalue weighted by atomic mass is 16.4. The minimum Gasteiger partial charge on any atom is -0.508 e. The summed E-state index contributed by atoms with van der Waals surface area (Å²) in [6.07, 6.45) is -1.96. The van der Waals surface area contributed by atoms with E-state index in [1.165, 1.54) is 19.0 Å². The Morgan fingerprint density at radius 3 is 2.21 bits per heavy atom. The van der Waals surface area contributed by atoms with E-state index in [-0.39, 0.29) is 5.56 Å². The summed E-state index contributed by atoms with van der Waals surface area (Å²) < 4.78 is 0. The molecule has 9 N–H and O–H groups in total. The molecule has 1 aromatic carbocycles. The van der Waals surface area contributed by atoms with Crippen LogP contribution in [0.2, 0.25) is 0 Å². The summed E-state index contributed by atoms with van der Waals surface area (Å²) in [5, 5.41) is 76.3. The Balaban J connectivity index is 2.11. The molecule has 0 radical (unpaired) electrons. The van der Waals surface area contributed by atoms with Crippen LogP contribution in [0.3, 0.4) is 0 Å². The van der Waals surface area contributed by atoms with Crippen molar-refractivity contribution in [2.45, 2.75) is 30.3 Å². The van der Waals surface area contributed by atoms with Crippen LogP contribution in [0.1, 0.15) is 18.1 Å². The number of aliphatic hydroxyl groups is 5. The van der Waals surface area contributed by atoms with Crippen LogP contribution in [0.15, 0.2) is 29.0 Å². The minimum absolute atomic E-state index is 0.227. The Bertz CT molecular complexity index is 1230. The van der Waals surface area contributed by atoms with Gasteiger partial charge in [-0.25, -0.2) is 0 Å². The summed E-state index contributed by atoms with van der Waals surface area (Å²) in [5.41, 5.74) is -2.51. The number of aromatic hydroxyl groups is 2. The van der Waals surface area contributed by atoms with Gasteiger partial charge in [-0.2, -0.15) is 0 Å². The summed E-state index contributed by atoms with van der Waals surface area (Å²) in [6.45, 7) is 1.16. The first kappa shape index (κ1) is 23.7. The Hall–Kier alpha value is -3.45. The van der Waals surface area contributed by atoms with Crippen molar-refractivity contribution in [2.24, 2.45) is 17.6 Å². The summed E-state index contributed by atoms with van der Waals surface area (Å²) in [5.74, 6) is -10.8. The predicted molar refractivity (Wildman–Crippen MR) is 113 cm³/mol. The lowest BCUT2D eigenvalue weighted by Gasteiger charge is -2.55. The highest BCUT2D eigenvalue weighted by molar-refractivity contribution is 6.24. The Kier molecular flexibility index (Phi) is 4.90. The molecule has 12 heteroatoms. The van der Waals surface area contributed by atoms with Crippen molar-refractivity contribution >= 4 is 23.2 Å². The molecule has 1 amide bonds. The SMILES string of the molecule is CN(C)[C@@H]1C(=O)C(C(N)=O)=C(O)[C@@]2(O)C(=O)C3=C(O)c4c(O)cc(O)cc4[C@@](C)(O)[C@H]3[C@H](O)[C@@H]12. The van der Waals surface area contributed by atoms with Gasteiger partial charge in [0.15, 0.2) is 11.4 Å². The number of nitrogens with zero attached hydrogens (tertiary/aromatic N) is 1. The van der Waals surface area contributed by atoms with Crippen molar-refractivity contribution in [3.05, 3.63) is 40.2 Å². The summed E-state index contributed by atoms with van der Waals surface area (Å²) >= 11 is 0. The normalized spacial score (nSPS) is 35.3. The average molecular weight is 476 g/mol. The smallest absolute Gasteiger partial charge is 0.255 e. The van der Waals surface area contributed by atoms with Crippen LogP contribution >= 0.6 is 0 Å². The Morgan fingerprint density at radius 1 is 1.09 bits per heavy atom. The third kappa shape index (κ3) is 2.64. The van der Waals surface area contributed by atoms with Gasteiger partial charge in [-0.3, -0.25) is 19.3 Å². The molecule has 0 heterocycles. The molecule has 0 aliphatic heterocycles. The number of ketones is 2. The number of phenols is 2. The maximum absolute atomic E-state index is 13.7. The number of amides is 1. The number of rotatable bonds is 2. The molecule has 3 aliphatic rings. The van der Waals surface area contributed by atoms with Crippen LogP contribution in [0.25, 0.3) is 5.76 Å². The van der Waals surface area contributed by atoms with E-state index in [1.54, 1.807) is 0 Å². The lowest BCUT2D eigenvalue weighted by atomic mass is 9.53. The first-order chi connectivity index (χ1) is 15.6. The number of fused-ring (bicyclic) bond motifs is 3. The zero-order valence-corrected chi connectivity index (χ0v) is 18.3. The van der Waals surface area contributed by atoms with E-state index in [4.69, 9.17) is 5.73 Å². The van der Waals surface area contributed by atoms with Crippen LogP contribution in [-0.4, -0.2) is 90.0 Å². The standard InChI is InChI=1S/C22H24N2O10/c1-21(33)7-4-6(25)5-8(26)9(7)15(27)10-12(21)17(29)13-14(24(2)3)16(28)11(20(23)32)19(31)22(13,34)18(10)30/h4-5,12-14,17,25-27,29,31,33-34H,1-3H3,(H2,23,32)/t12-,13-,14+,17+,21-,22+/m1/s1. The molecule has 0 unspecified atom stereocenters. The molecule has 1 fully saturated rings. The molecule has 6 atom stereocenters. The van der Waals surface area contributed by atoms with Crippen LogP contribution in [0.5, 0.6) is 11.5 Å². The number of likely N-dealkylation sites (N-methyl/N-ethyl adjacent to an activating group) is 1. The quantitative estimate of drug-likeness (QED) is 0.225. The van der Waals surface area contributed by atoms with Crippen LogP contribution in [0, 0.1) is 11.8 Å². The molecule has 0 spiro atoms. The van der Waals surface area contributed by atoms with Crippen LogP contribution in [-0.2, 0) is 20.0 Å². The highest BCUT2D eigenvalue weighted by Gasteiger charge is 2.70. The number of aliphatic hydroxyl groups excluding tert-OH is 3. The van der Waals surface area contributed by atoms with Gasteiger partial charge in [0.2, 0.25) is 5.78 Å². The van der Waals surface area contributed by atoms with Gasteiger partial charge in [0.1, 0.15) is 28.6 Å². The topological polar surface area (TPSA) is 222 Å². The third-order valence-electron chi connectivity index (χ3n) is 7.09. The predicted octanol–water partition coefficient (Wildman–Crippen LogP) is -1.69. The number of hydrogen-bond acceptors (Lipinski definition) is 11. The minimum atomic E-state index is -3.08.